The van der Waals surface area contributed by atoms with Crippen LogP contribution in [0, 0.1) is 5.92 Å². The first-order valence-corrected chi connectivity index (χ1v) is 9.61. The second kappa shape index (κ2) is 10.5. The summed E-state index contributed by atoms with van der Waals surface area (Å²) >= 11 is 0. The minimum Gasteiger partial charge on any atom is -0.493 e. The second-order valence-corrected chi connectivity index (χ2v) is 7.27. The number of carbonyl (C=O) groups excluding carboxylic acids is 2. The molecule has 6 heteroatoms. The molecule has 0 aliphatic heterocycles. The van der Waals surface area contributed by atoms with E-state index in [-0.39, 0.29) is 24.1 Å². The molecule has 1 N–H and O–H groups in total. The standard InChI is InChI=1S/C23H29NO5/c1-15(2)12-17-6-8-18(9-7-17)16(3)24-22(25)14-29-23(26)19-10-11-20(27-4)21(13-19)28-5/h6-11,13,15-16H,12,14H2,1-5H3,(H,24,25)/t16-/m0/s1. The van der Waals surface area contributed by atoms with Gasteiger partial charge in [-0.1, -0.05) is 38.1 Å². The van der Waals surface area contributed by atoms with E-state index in [2.05, 4.69) is 31.3 Å². The lowest BCUT2D eigenvalue weighted by Gasteiger charge is -2.15. The number of amides is 1. The van der Waals surface area contributed by atoms with Crippen LogP contribution < -0.4 is 14.8 Å². The SMILES string of the molecule is COc1ccc(C(=O)OCC(=O)N[C@@H](C)c2ccc(CC(C)C)cc2)cc1OC. The molecule has 0 fully saturated rings. The molecule has 6 nitrogen and oxygen atoms in total. The van der Waals surface area contributed by atoms with Crippen LogP contribution in [0.25, 0.3) is 0 Å². The first-order valence-electron chi connectivity index (χ1n) is 9.61. The van der Waals surface area contributed by atoms with Crippen LogP contribution in [0.5, 0.6) is 11.5 Å². The zero-order chi connectivity index (χ0) is 21.4. The van der Waals surface area contributed by atoms with E-state index in [1.165, 1.54) is 25.8 Å². The van der Waals surface area contributed by atoms with Gasteiger partial charge in [0.25, 0.3) is 5.91 Å². The average molecular weight is 399 g/mol. The van der Waals surface area contributed by atoms with Crippen molar-refractivity contribution < 1.29 is 23.8 Å². The maximum Gasteiger partial charge on any atom is 0.338 e. The number of ether oxygens (including phenoxy) is 3. The summed E-state index contributed by atoms with van der Waals surface area (Å²) in [6.07, 6.45) is 1.02. The number of nitrogens with one attached hydrogen (secondary N) is 1. The Labute approximate surface area is 172 Å². The molecule has 0 saturated heterocycles. The first-order chi connectivity index (χ1) is 13.8. The van der Waals surface area contributed by atoms with Crippen molar-refractivity contribution in [3.05, 3.63) is 59.2 Å². The van der Waals surface area contributed by atoms with Crippen molar-refractivity contribution in [1.29, 1.82) is 0 Å². The third-order valence-electron chi connectivity index (χ3n) is 4.45. The number of rotatable bonds is 9. The molecule has 29 heavy (non-hydrogen) atoms. The highest BCUT2D eigenvalue weighted by atomic mass is 16.5. The van der Waals surface area contributed by atoms with E-state index in [9.17, 15) is 9.59 Å². The Kier molecular flexibility index (Phi) is 8.07. The van der Waals surface area contributed by atoms with Crippen molar-refractivity contribution >= 4 is 11.9 Å². The predicted molar refractivity (Wildman–Crippen MR) is 111 cm³/mol. The van der Waals surface area contributed by atoms with Gasteiger partial charge in [0.05, 0.1) is 25.8 Å². The third kappa shape index (κ3) is 6.52. The van der Waals surface area contributed by atoms with Crippen LogP contribution in [0.4, 0.5) is 0 Å². The molecule has 156 valence electrons. The van der Waals surface area contributed by atoms with Crippen LogP contribution in [-0.4, -0.2) is 32.7 Å². The summed E-state index contributed by atoms with van der Waals surface area (Å²) in [4.78, 5) is 24.4. The Morgan fingerprint density at radius 3 is 2.17 bits per heavy atom. The summed E-state index contributed by atoms with van der Waals surface area (Å²) in [5, 5.41) is 2.84. The van der Waals surface area contributed by atoms with Gasteiger partial charge in [-0.2, -0.15) is 0 Å². The van der Waals surface area contributed by atoms with Gasteiger partial charge in [-0.3, -0.25) is 4.79 Å². The van der Waals surface area contributed by atoms with E-state index in [1.54, 1.807) is 12.1 Å². The molecule has 0 saturated carbocycles. The Bertz CT molecular complexity index is 830. The average Bonchev–Trinajstić information content (AvgIpc) is 2.71. The van der Waals surface area contributed by atoms with Crippen molar-refractivity contribution in [3.8, 4) is 11.5 Å². The number of hydrogen-bond donors (Lipinski definition) is 1. The third-order valence-corrected chi connectivity index (χ3v) is 4.45. The number of benzene rings is 2. The van der Waals surface area contributed by atoms with E-state index < -0.39 is 5.97 Å². The van der Waals surface area contributed by atoms with Gasteiger partial charge in [-0.25, -0.2) is 4.79 Å². The summed E-state index contributed by atoms with van der Waals surface area (Å²) in [5.74, 6) is 0.554. The minimum absolute atomic E-state index is 0.185. The largest absolute Gasteiger partial charge is 0.493 e. The van der Waals surface area contributed by atoms with Crippen LogP contribution in [0.3, 0.4) is 0 Å². The van der Waals surface area contributed by atoms with Gasteiger partial charge in [-0.15, -0.1) is 0 Å². The Hall–Kier alpha value is -3.02. The number of carbonyl (C=O) groups is 2. The second-order valence-electron chi connectivity index (χ2n) is 7.27. The van der Waals surface area contributed by atoms with Crippen molar-refractivity contribution in [3.63, 3.8) is 0 Å². The molecule has 0 spiro atoms. The molecular formula is C23H29NO5. The van der Waals surface area contributed by atoms with E-state index in [0.717, 1.165) is 12.0 Å². The maximum absolute atomic E-state index is 12.2. The van der Waals surface area contributed by atoms with Crippen LogP contribution in [0.15, 0.2) is 42.5 Å². The van der Waals surface area contributed by atoms with Crippen molar-refractivity contribution in [2.24, 2.45) is 5.92 Å². The fourth-order valence-corrected chi connectivity index (χ4v) is 2.96. The highest BCUT2D eigenvalue weighted by molar-refractivity contribution is 5.92. The van der Waals surface area contributed by atoms with Crippen molar-refractivity contribution in [2.75, 3.05) is 20.8 Å². The molecule has 0 heterocycles. The monoisotopic (exact) mass is 399 g/mol. The number of hydrogen-bond acceptors (Lipinski definition) is 5. The molecule has 0 bridgehead atoms. The number of esters is 1. The van der Waals surface area contributed by atoms with E-state index >= 15 is 0 Å². The van der Waals surface area contributed by atoms with Crippen molar-refractivity contribution in [2.45, 2.75) is 33.2 Å². The summed E-state index contributed by atoms with van der Waals surface area (Å²) in [6.45, 7) is 5.90. The molecule has 0 unspecified atom stereocenters. The summed E-state index contributed by atoms with van der Waals surface area (Å²) in [7, 11) is 3.00. The van der Waals surface area contributed by atoms with E-state index in [1.807, 2.05) is 19.1 Å². The van der Waals surface area contributed by atoms with Gasteiger partial charge >= 0.3 is 5.97 Å². The summed E-state index contributed by atoms with van der Waals surface area (Å²) in [5.41, 5.74) is 2.55. The van der Waals surface area contributed by atoms with Gasteiger partial charge < -0.3 is 19.5 Å². The Balaban J connectivity index is 1.88. The zero-order valence-corrected chi connectivity index (χ0v) is 17.7. The lowest BCUT2D eigenvalue weighted by atomic mass is 10.00. The Morgan fingerprint density at radius 2 is 1.59 bits per heavy atom. The normalized spacial score (nSPS) is 11.7. The molecule has 0 aliphatic carbocycles. The van der Waals surface area contributed by atoms with Gasteiger partial charge in [0.15, 0.2) is 18.1 Å². The van der Waals surface area contributed by atoms with Gasteiger partial charge in [0.1, 0.15) is 0 Å². The lowest BCUT2D eigenvalue weighted by Crippen LogP contribution is -2.31. The summed E-state index contributed by atoms with van der Waals surface area (Å²) in [6, 6.07) is 12.7. The molecule has 2 aromatic rings. The minimum atomic E-state index is -0.605. The molecule has 1 amide bonds. The topological polar surface area (TPSA) is 73.9 Å². The van der Waals surface area contributed by atoms with E-state index in [0.29, 0.717) is 17.4 Å². The Morgan fingerprint density at radius 1 is 0.931 bits per heavy atom. The van der Waals surface area contributed by atoms with Crippen LogP contribution in [-0.2, 0) is 16.0 Å². The van der Waals surface area contributed by atoms with Crippen molar-refractivity contribution in [1.82, 2.24) is 5.32 Å². The fourth-order valence-electron chi connectivity index (χ4n) is 2.96. The smallest absolute Gasteiger partial charge is 0.338 e. The molecule has 2 aromatic carbocycles. The zero-order valence-electron chi connectivity index (χ0n) is 17.7. The molecule has 0 radical (unpaired) electrons. The summed E-state index contributed by atoms with van der Waals surface area (Å²) < 4.78 is 15.4. The number of methoxy groups -OCH3 is 2. The van der Waals surface area contributed by atoms with E-state index in [4.69, 9.17) is 14.2 Å². The van der Waals surface area contributed by atoms with Gasteiger partial charge in [-0.05, 0) is 48.6 Å². The van der Waals surface area contributed by atoms with Gasteiger partial charge in [0.2, 0.25) is 0 Å². The first kappa shape index (κ1) is 22.3. The molecule has 0 aromatic heterocycles. The predicted octanol–water partition coefficient (Wildman–Crippen LogP) is 3.94. The lowest BCUT2D eigenvalue weighted by molar-refractivity contribution is -0.124. The molecular weight excluding hydrogens is 370 g/mol. The molecule has 1 atom stereocenters. The molecule has 0 aliphatic rings. The van der Waals surface area contributed by atoms with Crippen LogP contribution in [0.2, 0.25) is 0 Å². The quantitative estimate of drug-likeness (QED) is 0.647. The fraction of sp³-hybridized carbons (Fsp3) is 0.391. The molecule has 2 rings (SSSR count). The van der Waals surface area contributed by atoms with Gasteiger partial charge in [0, 0.05) is 0 Å². The van der Waals surface area contributed by atoms with Crippen LogP contribution in [0.1, 0.15) is 48.3 Å². The highest BCUT2D eigenvalue weighted by Crippen LogP contribution is 2.27. The van der Waals surface area contributed by atoms with Crippen LogP contribution >= 0.6 is 0 Å². The highest BCUT2D eigenvalue weighted by Gasteiger charge is 2.15. The maximum atomic E-state index is 12.2.